The Morgan fingerprint density at radius 1 is 1.38 bits per heavy atom. The Bertz CT molecular complexity index is 666. The van der Waals surface area contributed by atoms with Crippen molar-refractivity contribution in [2.45, 2.75) is 12.7 Å². The molecule has 0 saturated heterocycles. The normalized spacial score (nSPS) is 11.4. The molecule has 0 aliphatic carbocycles. The summed E-state index contributed by atoms with van der Waals surface area (Å²) in [5.74, 6) is -1.81. The van der Waals surface area contributed by atoms with E-state index in [-0.39, 0.29) is 12.4 Å². The fraction of sp³-hybridized carbons (Fsp3) is 0.167. The Morgan fingerprint density at radius 3 is 2.67 bits per heavy atom. The quantitative estimate of drug-likeness (QED) is 0.759. The third-order valence-electron chi connectivity index (χ3n) is 2.73. The van der Waals surface area contributed by atoms with E-state index < -0.39 is 29.0 Å². The number of amides is 1. The van der Waals surface area contributed by atoms with Crippen molar-refractivity contribution in [1.29, 1.82) is 0 Å². The number of benzene rings is 1. The Balaban J connectivity index is 2.17. The van der Waals surface area contributed by atoms with Crippen LogP contribution in [0.4, 0.5) is 23.4 Å². The van der Waals surface area contributed by atoms with Gasteiger partial charge in [-0.3, -0.25) is 9.89 Å². The minimum atomic E-state index is -4.66. The van der Waals surface area contributed by atoms with E-state index in [1.54, 1.807) is 0 Å². The van der Waals surface area contributed by atoms with Gasteiger partial charge in [-0.25, -0.2) is 4.39 Å². The predicted molar refractivity (Wildman–Crippen MR) is 65.6 cm³/mol. The van der Waals surface area contributed by atoms with Crippen LogP contribution in [-0.4, -0.2) is 16.1 Å². The number of nitrogens with zero attached hydrogens (tertiary/aromatic N) is 1. The summed E-state index contributed by atoms with van der Waals surface area (Å²) in [4.78, 5) is 11.8. The Kier molecular flexibility index (Phi) is 3.83. The molecule has 2 aromatic rings. The zero-order chi connectivity index (χ0) is 15.6. The van der Waals surface area contributed by atoms with Gasteiger partial charge >= 0.3 is 6.18 Å². The van der Waals surface area contributed by atoms with Crippen molar-refractivity contribution in [2.24, 2.45) is 0 Å². The lowest BCUT2D eigenvalue weighted by Gasteiger charge is -2.10. The maximum atomic E-state index is 13.5. The summed E-state index contributed by atoms with van der Waals surface area (Å²) in [7, 11) is 0. The number of nitrogens with one attached hydrogen (secondary N) is 2. The van der Waals surface area contributed by atoms with E-state index in [4.69, 9.17) is 5.73 Å². The molecule has 5 nitrogen and oxygen atoms in total. The van der Waals surface area contributed by atoms with Crippen molar-refractivity contribution in [3.8, 4) is 0 Å². The van der Waals surface area contributed by atoms with Gasteiger partial charge in [-0.2, -0.15) is 18.3 Å². The van der Waals surface area contributed by atoms with Crippen molar-refractivity contribution >= 4 is 11.7 Å². The number of carbonyl (C=O) groups is 1. The third-order valence-corrected chi connectivity index (χ3v) is 2.73. The van der Waals surface area contributed by atoms with E-state index in [0.29, 0.717) is 23.8 Å². The number of aromatic nitrogens is 2. The van der Waals surface area contributed by atoms with Gasteiger partial charge in [-0.1, -0.05) is 0 Å². The van der Waals surface area contributed by atoms with Gasteiger partial charge in [0.15, 0.2) is 0 Å². The molecule has 4 N–H and O–H groups in total. The van der Waals surface area contributed by atoms with Crippen molar-refractivity contribution in [2.75, 3.05) is 5.73 Å². The zero-order valence-electron chi connectivity index (χ0n) is 10.5. The molecule has 0 atom stereocenters. The van der Waals surface area contributed by atoms with Crippen LogP contribution < -0.4 is 11.1 Å². The lowest BCUT2D eigenvalue weighted by atomic mass is 10.1. The molecule has 0 aliphatic heterocycles. The summed E-state index contributed by atoms with van der Waals surface area (Å²) in [6.45, 7) is -0.0865. The number of carbonyl (C=O) groups excluding carboxylic acids is 1. The van der Waals surface area contributed by atoms with Crippen LogP contribution in [0, 0.1) is 5.82 Å². The molecule has 9 heteroatoms. The number of nitrogens with two attached hydrogens (primary N) is 1. The highest BCUT2D eigenvalue weighted by Crippen LogP contribution is 2.30. The first-order valence-corrected chi connectivity index (χ1v) is 5.71. The first-order chi connectivity index (χ1) is 9.79. The first kappa shape index (κ1) is 14.8. The predicted octanol–water partition coefficient (Wildman–Crippen LogP) is 2.08. The number of anilines is 1. The summed E-state index contributed by atoms with van der Waals surface area (Å²) in [6, 6.07) is 1.63. The fourth-order valence-corrected chi connectivity index (χ4v) is 1.61. The van der Waals surface area contributed by atoms with Crippen LogP contribution >= 0.6 is 0 Å². The number of H-pyrrole nitrogens is 1. The third kappa shape index (κ3) is 3.30. The molecular weight excluding hydrogens is 292 g/mol. The summed E-state index contributed by atoms with van der Waals surface area (Å²) in [6.07, 6.45) is -3.31. The summed E-state index contributed by atoms with van der Waals surface area (Å²) in [5, 5.41) is 8.31. The van der Waals surface area contributed by atoms with E-state index in [0.717, 1.165) is 0 Å². The van der Waals surface area contributed by atoms with Crippen LogP contribution in [0.5, 0.6) is 0 Å². The van der Waals surface area contributed by atoms with E-state index in [1.165, 1.54) is 6.20 Å². The number of hydrogen-bond acceptors (Lipinski definition) is 3. The maximum absolute atomic E-state index is 13.5. The fourth-order valence-electron chi connectivity index (χ4n) is 1.61. The molecule has 0 unspecified atom stereocenters. The van der Waals surface area contributed by atoms with Crippen molar-refractivity contribution in [3.05, 3.63) is 46.9 Å². The van der Waals surface area contributed by atoms with Gasteiger partial charge in [-0.05, 0) is 18.2 Å². The van der Waals surface area contributed by atoms with Crippen molar-refractivity contribution in [1.82, 2.24) is 15.5 Å². The molecule has 112 valence electrons. The number of aromatic amines is 1. The van der Waals surface area contributed by atoms with Crippen LogP contribution in [0.1, 0.15) is 21.5 Å². The van der Waals surface area contributed by atoms with Gasteiger partial charge in [0.1, 0.15) is 11.6 Å². The van der Waals surface area contributed by atoms with Crippen molar-refractivity contribution < 1.29 is 22.4 Å². The van der Waals surface area contributed by atoms with Crippen LogP contribution in [0.15, 0.2) is 24.4 Å². The highest BCUT2D eigenvalue weighted by atomic mass is 19.4. The molecule has 0 fully saturated rings. The van der Waals surface area contributed by atoms with E-state index >= 15 is 0 Å². The number of rotatable bonds is 3. The summed E-state index contributed by atoms with van der Waals surface area (Å²) < 4.78 is 51.1. The second-order valence-electron chi connectivity index (χ2n) is 4.18. The SMILES string of the molecule is Nc1[nH]ncc1CNC(=O)c1cc(C(F)(F)F)ccc1F. The van der Waals surface area contributed by atoms with Gasteiger partial charge < -0.3 is 11.1 Å². The second kappa shape index (κ2) is 5.43. The monoisotopic (exact) mass is 302 g/mol. The average Bonchev–Trinajstić information content (AvgIpc) is 2.80. The lowest BCUT2D eigenvalue weighted by molar-refractivity contribution is -0.137. The highest BCUT2D eigenvalue weighted by molar-refractivity contribution is 5.94. The van der Waals surface area contributed by atoms with E-state index in [9.17, 15) is 22.4 Å². The highest BCUT2D eigenvalue weighted by Gasteiger charge is 2.31. The van der Waals surface area contributed by atoms with Gasteiger partial charge in [0.05, 0.1) is 17.3 Å². The average molecular weight is 302 g/mol. The molecule has 1 heterocycles. The first-order valence-electron chi connectivity index (χ1n) is 5.71. The molecule has 2 rings (SSSR count). The van der Waals surface area contributed by atoms with Crippen LogP contribution in [0.3, 0.4) is 0 Å². The van der Waals surface area contributed by atoms with Crippen LogP contribution in [-0.2, 0) is 12.7 Å². The molecular formula is C12H10F4N4O. The number of hydrogen-bond donors (Lipinski definition) is 3. The topological polar surface area (TPSA) is 83.8 Å². The van der Waals surface area contributed by atoms with Crippen molar-refractivity contribution in [3.63, 3.8) is 0 Å². The summed E-state index contributed by atoms with van der Waals surface area (Å²) >= 11 is 0. The van der Waals surface area contributed by atoms with Gasteiger partial charge in [0.25, 0.3) is 5.91 Å². The Labute approximate surface area is 116 Å². The number of halogens is 4. The minimum absolute atomic E-state index is 0.0865. The molecule has 0 radical (unpaired) electrons. The summed E-state index contributed by atoms with van der Waals surface area (Å²) in [5.41, 5.74) is 4.14. The maximum Gasteiger partial charge on any atom is 0.416 e. The van der Waals surface area contributed by atoms with Gasteiger partial charge in [0, 0.05) is 12.1 Å². The molecule has 0 bridgehead atoms. The molecule has 1 aromatic carbocycles. The smallest absolute Gasteiger partial charge is 0.384 e. The second-order valence-corrected chi connectivity index (χ2v) is 4.18. The molecule has 0 aliphatic rings. The lowest BCUT2D eigenvalue weighted by Crippen LogP contribution is -2.24. The number of alkyl halides is 3. The largest absolute Gasteiger partial charge is 0.416 e. The molecule has 1 aromatic heterocycles. The molecule has 0 saturated carbocycles. The van der Waals surface area contributed by atoms with Crippen LogP contribution in [0.2, 0.25) is 0 Å². The standard InChI is InChI=1S/C12H10F4N4O/c13-9-2-1-7(12(14,15)16)3-8(9)11(21)18-4-6-5-19-20-10(6)17/h1-3,5H,4H2,(H,18,21)(H3,17,19,20). The van der Waals surface area contributed by atoms with Gasteiger partial charge in [0.2, 0.25) is 0 Å². The van der Waals surface area contributed by atoms with E-state index in [2.05, 4.69) is 15.5 Å². The molecule has 21 heavy (non-hydrogen) atoms. The Morgan fingerprint density at radius 2 is 2.10 bits per heavy atom. The van der Waals surface area contributed by atoms with Crippen LogP contribution in [0.25, 0.3) is 0 Å². The molecule has 1 amide bonds. The Hall–Kier alpha value is -2.58. The van der Waals surface area contributed by atoms with Gasteiger partial charge in [-0.15, -0.1) is 0 Å². The van der Waals surface area contributed by atoms with E-state index in [1.807, 2.05) is 0 Å². The number of nitrogen functional groups attached to an aromatic ring is 1. The minimum Gasteiger partial charge on any atom is -0.384 e. The zero-order valence-corrected chi connectivity index (χ0v) is 10.5. The molecule has 0 spiro atoms.